The van der Waals surface area contributed by atoms with Gasteiger partial charge in [0.15, 0.2) is 5.54 Å². The fourth-order valence-corrected chi connectivity index (χ4v) is 4.55. The number of phenolic OH excluding ortho intramolecular Hbond substituents is 1. The molecular formula is C27H29ClN4O6S. The SMILES string of the molecule is CN(C)CC[C@@](CNC(=O)c1cccs1)(NC(=O)c1ccc(C(=O)NCc2cccc(O)c2)cc1Cl)C(=O)O. The van der Waals surface area contributed by atoms with E-state index in [4.69, 9.17) is 11.6 Å². The van der Waals surface area contributed by atoms with E-state index in [-0.39, 0.29) is 41.4 Å². The highest BCUT2D eigenvalue weighted by Crippen LogP contribution is 2.21. The van der Waals surface area contributed by atoms with Crippen molar-refractivity contribution in [2.24, 2.45) is 0 Å². The fraction of sp³-hybridized carbons (Fsp3) is 0.259. The minimum atomic E-state index is -1.82. The number of halogens is 1. The van der Waals surface area contributed by atoms with Crippen LogP contribution in [0.2, 0.25) is 5.02 Å². The third-order valence-electron chi connectivity index (χ3n) is 5.88. The number of carbonyl (C=O) groups is 4. The van der Waals surface area contributed by atoms with E-state index in [1.807, 2.05) is 0 Å². The molecule has 0 saturated carbocycles. The van der Waals surface area contributed by atoms with Crippen molar-refractivity contribution in [2.75, 3.05) is 27.2 Å². The van der Waals surface area contributed by atoms with Crippen molar-refractivity contribution in [3.8, 4) is 5.75 Å². The Labute approximate surface area is 234 Å². The lowest BCUT2D eigenvalue weighted by Crippen LogP contribution is -2.61. The number of nitrogens with zero attached hydrogens (tertiary/aromatic N) is 1. The second-order valence-electron chi connectivity index (χ2n) is 9.10. The first-order valence-corrected chi connectivity index (χ1v) is 13.1. The first-order valence-electron chi connectivity index (χ1n) is 11.9. The fourth-order valence-electron chi connectivity index (χ4n) is 3.65. The number of hydrogen-bond acceptors (Lipinski definition) is 7. The van der Waals surface area contributed by atoms with Gasteiger partial charge < -0.3 is 31.1 Å². The number of carbonyl (C=O) groups excluding carboxylic acids is 3. The van der Waals surface area contributed by atoms with Crippen molar-refractivity contribution >= 4 is 46.6 Å². The van der Waals surface area contributed by atoms with E-state index in [1.54, 1.807) is 48.6 Å². The van der Waals surface area contributed by atoms with Crippen LogP contribution in [0.15, 0.2) is 60.0 Å². The molecule has 206 valence electrons. The van der Waals surface area contributed by atoms with E-state index in [0.29, 0.717) is 17.0 Å². The van der Waals surface area contributed by atoms with E-state index in [9.17, 15) is 29.4 Å². The van der Waals surface area contributed by atoms with Gasteiger partial charge in [0.2, 0.25) is 0 Å². The zero-order valence-corrected chi connectivity index (χ0v) is 22.9. The molecule has 0 spiro atoms. The van der Waals surface area contributed by atoms with Crippen LogP contribution in [0.3, 0.4) is 0 Å². The number of carboxylic acid groups (broad SMARTS) is 1. The zero-order chi connectivity index (χ0) is 28.6. The number of nitrogens with one attached hydrogen (secondary N) is 3. The lowest BCUT2D eigenvalue weighted by atomic mass is 9.93. The van der Waals surface area contributed by atoms with Crippen LogP contribution in [0.25, 0.3) is 0 Å². The molecule has 39 heavy (non-hydrogen) atoms. The van der Waals surface area contributed by atoms with Crippen LogP contribution in [0.5, 0.6) is 5.75 Å². The predicted octanol–water partition coefficient (Wildman–Crippen LogP) is 2.97. The van der Waals surface area contributed by atoms with Crippen LogP contribution >= 0.6 is 22.9 Å². The van der Waals surface area contributed by atoms with Crippen LogP contribution in [-0.2, 0) is 11.3 Å². The van der Waals surface area contributed by atoms with Gasteiger partial charge in [-0.2, -0.15) is 0 Å². The molecule has 0 fully saturated rings. The monoisotopic (exact) mass is 572 g/mol. The minimum Gasteiger partial charge on any atom is -0.508 e. The molecule has 1 heterocycles. The molecule has 1 aromatic heterocycles. The molecular weight excluding hydrogens is 544 g/mol. The summed E-state index contributed by atoms with van der Waals surface area (Å²) in [6.07, 6.45) is -0.00105. The second kappa shape index (κ2) is 13.2. The van der Waals surface area contributed by atoms with Crippen molar-refractivity contribution in [1.29, 1.82) is 0 Å². The first-order chi connectivity index (χ1) is 18.5. The predicted molar refractivity (Wildman–Crippen MR) is 148 cm³/mol. The zero-order valence-electron chi connectivity index (χ0n) is 21.4. The number of hydrogen-bond donors (Lipinski definition) is 5. The van der Waals surface area contributed by atoms with Crippen molar-refractivity contribution in [2.45, 2.75) is 18.5 Å². The third-order valence-corrected chi connectivity index (χ3v) is 7.06. The number of benzene rings is 2. The van der Waals surface area contributed by atoms with Gasteiger partial charge in [0.1, 0.15) is 5.75 Å². The van der Waals surface area contributed by atoms with Crippen molar-refractivity contribution < 1.29 is 29.4 Å². The Morgan fingerprint density at radius 2 is 1.74 bits per heavy atom. The Hall–Kier alpha value is -3.93. The number of rotatable bonds is 12. The minimum absolute atomic E-state index is 0.00105. The normalized spacial score (nSPS) is 12.4. The van der Waals surface area contributed by atoms with Crippen LogP contribution in [-0.4, -0.2) is 71.5 Å². The van der Waals surface area contributed by atoms with Gasteiger partial charge in [-0.05, 0) is 67.9 Å². The van der Waals surface area contributed by atoms with Gasteiger partial charge in [-0.15, -0.1) is 11.3 Å². The van der Waals surface area contributed by atoms with Crippen molar-refractivity contribution in [3.63, 3.8) is 0 Å². The maximum atomic E-state index is 13.2. The molecule has 0 aliphatic rings. The summed E-state index contributed by atoms with van der Waals surface area (Å²) in [5.74, 6) is -2.90. The van der Waals surface area contributed by atoms with Crippen LogP contribution in [0.4, 0.5) is 0 Å². The molecule has 5 N–H and O–H groups in total. The number of phenols is 1. The molecule has 2 aromatic carbocycles. The highest BCUT2D eigenvalue weighted by Gasteiger charge is 2.41. The molecule has 0 unspecified atom stereocenters. The Kier molecular flexibility index (Phi) is 10.0. The van der Waals surface area contributed by atoms with E-state index in [0.717, 1.165) is 0 Å². The summed E-state index contributed by atoms with van der Waals surface area (Å²) in [6, 6.07) is 13.8. The van der Waals surface area contributed by atoms with E-state index in [1.165, 1.54) is 41.7 Å². The third kappa shape index (κ3) is 8.03. The summed E-state index contributed by atoms with van der Waals surface area (Å²) < 4.78 is 0. The van der Waals surface area contributed by atoms with E-state index in [2.05, 4.69) is 16.0 Å². The molecule has 0 bridgehead atoms. The summed E-state index contributed by atoms with van der Waals surface area (Å²) in [6.45, 7) is 0.122. The second-order valence-corrected chi connectivity index (χ2v) is 10.5. The van der Waals surface area contributed by atoms with E-state index >= 15 is 0 Å². The summed E-state index contributed by atoms with van der Waals surface area (Å²) >= 11 is 7.55. The largest absolute Gasteiger partial charge is 0.508 e. The highest BCUT2D eigenvalue weighted by molar-refractivity contribution is 7.12. The lowest BCUT2D eigenvalue weighted by Gasteiger charge is -2.32. The highest BCUT2D eigenvalue weighted by atomic mass is 35.5. The van der Waals surface area contributed by atoms with Gasteiger partial charge in [-0.1, -0.05) is 29.8 Å². The van der Waals surface area contributed by atoms with Gasteiger partial charge >= 0.3 is 5.97 Å². The Balaban J connectivity index is 1.75. The molecule has 12 heteroatoms. The first kappa shape index (κ1) is 29.6. The number of carboxylic acids is 1. The van der Waals surface area contributed by atoms with Crippen LogP contribution in [0, 0.1) is 0 Å². The van der Waals surface area contributed by atoms with Crippen molar-refractivity contribution in [1.82, 2.24) is 20.9 Å². The van der Waals surface area contributed by atoms with E-state index < -0.39 is 29.2 Å². The quantitative estimate of drug-likeness (QED) is 0.224. The standard InChI is InChI=1S/C27H29ClN4O6S/c1-32(2)11-10-27(26(37)38,16-30-25(36)22-7-4-12-39-22)31-24(35)20-9-8-18(14-21(20)28)23(34)29-15-17-5-3-6-19(33)13-17/h3-9,12-14,33H,10-11,15-16H2,1-2H3,(H,29,34)(H,30,36)(H,31,35)(H,37,38)/t27-/m0/s1. The Morgan fingerprint density at radius 1 is 0.974 bits per heavy atom. The Bertz CT molecular complexity index is 1350. The molecule has 10 nitrogen and oxygen atoms in total. The smallest absolute Gasteiger partial charge is 0.331 e. The number of aliphatic carboxylic acids is 1. The maximum absolute atomic E-state index is 13.2. The summed E-state index contributed by atoms with van der Waals surface area (Å²) in [7, 11) is 3.53. The van der Waals surface area contributed by atoms with Gasteiger partial charge in [-0.3, -0.25) is 14.4 Å². The molecule has 0 radical (unpaired) electrons. The van der Waals surface area contributed by atoms with Gasteiger partial charge in [-0.25, -0.2) is 4.79 Å². The number of amides is 3. The topological polar surface area (TPSA) is 148 Å². The summed E-state index contributed by atoms with van der Waals surface area (Å²) in [5, 5.41) is 29.3. The summed E-state index contributed by atoms with van der Waals surface area (Å²) in [5.41, 5.74) is -0.966. The van der Waals surface area contributed by atoms with Gasteiger partial charge in [0.25, 0.3) is 17.7 Å². The molecule has 1 atom stereocenters. The number of thiophene rings is 1. The molecule has 3 rings (SSSR count). The molecule has 3 aromatic rings. The lowest BCUT2D eigenvalue weighted by molar-refractivity contribution is -0.144. The Morgan fingerprint density at radius 3 is 2.36 bits per heavy atom. The maximum Gasteiger partial charge on any atom is 0.331 e. The number of aromatic hydroxyl groups is 1. The summed E-state index contributed by atoms with van der Waals surface area (Å²) in [4.78, 5) is 52.9. The van der Waals surface area contributed by atoms with Gasteiger partial charge in [0.05, 0.1) is 22.0 Å². The average molecular weight is 573 g/mol. The molecule has 0 aliphatic carbocycles. The van der Waals surface area contributed by atoms with Crippen molar-refractivity contribution in [3.05, 3.63) is 86.6 Å². The molecule has 3 amide bonds. The van der Waals surface area contributed by atoms with Crippen LogP contribution in [0.1, 0.15) is 42.4 Å². The molecule has 0 aliphatic heterocycles. The molecule has 0 saturated heterocycles. The average Bonchev–Trinajstić information content (AvgIpc) is 3.43. The van der Waals surface area contributed by atoms with Crippen LogP contribution < -0.4 is 16.0 Å². The van der Waals surface area contributed by atoms with Gasteiger partial charge in [0, 0.05) is 18.7 Å².